The summed E-state index contributed by atoms with van der Waals surface area (Å²) in [7, 11) is 0. The number of aryl methyl sites for hydroxylation is 1. The molecule has 1 heterocycles. The van der Waals surface area contributed by atoms with Crippen LogP contribution in [-0.2, 0) is 4.79 Å². The van der Waals surface area contributed by atoms with Gasteiger partial charge in [0.05, 0.1) is 0 Å². The highest BCUT2D eigenvalue weighted by molar-refractivity contribution is 5.94. The first-order valence-corrected chi connectivity index (χ1v) is 7.50. The quantitative estimate of drug-likeness (QED) is 0.837. The molecule has 1 N–H and O–H groups in total. The second kappa shape index (κ2) is 6.78. The molecule has 0 radical (unpaired) electrons. The Morgan fingerprint density at radius 2 is 1.92 bits per heavy atom. The third-order valence-electron chi connectivity index (χ3n) is 4.12. The molecule has 8 heteroatoms. The average Bonchev–Trinajstić information content (AvgIpc) is 2.48. The van der Waals surface area contributed by atoms with Crippen molar-refractivity contribution in [3.63, 3.8) is 0 Å². The second-order valence-electron chi connectivity index (χ2n) is 5.94. The normalized spacial score (nSPS) is 21.5. The Bertz CT molecular complexity index is 645. The van der Waals surface area contributed by atoms with Gasteiger partial charge in [0.15, 0.2) is 0 Å². The van der Waals surface area contributed by atoms with Crippen LogP contribution in [0.1, 0.15) is 35.7 Å². The third-order valence-corrected chi connectivity index (χ3v) is 4.12. The van der Waals surface area contributed by atoms with Gasteiger partial charge in [-0.05, 0) is 43.5 Å². The van der Waals surface area contributed by atoms with Crippen LogP contribution in [-0.4, -0.2) is 41.5 Å². The number of nitrogens with zero attached hydrogens (tertiary/aromatic N) is 1. The summed E-state index contributed by atoms with van der Waals surface area (Å²) < 4.78 is 52.1. The molecule has 0 unspecified atom stereocenters. The van der Waals surface area contributed by atoms with E-state index < -0.39 is 35.9 Å². The first-order valence-electron chi connectivity index (χ1n) is 7.50. The van der Waals surface area contributed by atoms with Crippen LogP contribution in [0.4, 0.5) is 17.6 Å². The zero-order valence-electron chi connectivity index (χ0n) is 13.3. The molecule has 132 valence electrons. The number of hydrogen-bond donors (Lipinski definition) is 1. The van der Waals surface area contributed by atoms with E-state index in [1.54, 1.807) is 0 Å². The Hall–Kier alpha value is -2.12. The average molecular weight is 346 g/mol. The minimum absolute atomic E-state index is 0.111. The lowest BCUT2D eigenvalue weighted by atomic mass is 9.97. The molecule has 0 spiro atoms. The molecule has 24 heavy (non-hydrogen) atoms. The predicted molar refractivity (Wildman–Crippen MR) is 78.9 cm³/mol. The van der Waals surface area contributed by atoms with Gasteiger partial charge in [-0.25, -0.2) is 4.39 Å². The lowest BCUT2D eigenvalue weighted by Crippen LogP contribution is -2.57. The van der Waals surface area contributed by atoms with Crippen molar-refractivity contribution in [3.05, 3.63) is 35.1 Å². The van der Waals surface area contributed by atoms with E-state index in [4.69, 9.17) is 0 Å². The SMILES string of the molecule is CC(=O)N1C[C@H](NC(=O)c2ccc(F)c(C)c2)CC[C@H]1C(F)(F)F. The van der Waals surface area contributed by atoms with Gasteiger partial charge in [-0.1, -0.05) is 0 Å². The molecule has 2 amide bonds. The van der Waals surface area contributed by atoms with Crippen LogP contribution in [0.2, 0.25) is 0 Å². The Labute approximate surface area is 136 Å². The number of amides is 2. The lowest BCUT2D eigenvalue weighted by Gasteiger charge is -2.40. The number of carbonyl (C=O) groups excluding carboxylic acids is 2. The zero-order chi connectivity index (χ0) is 18.1. The number of carbonyl (C=O) groups is 2. The predicted octanol–water partition coefficient (Wildman–Crippen LogP) is 2.81. The lowest BCUT2D eigenvalue weighted by molar-refractivity contribution is -0.196. The summed E-state index contributed by atoms with van der Waals surface area (Å²) in [5, 5.41) is 2.62. The van der Waals surface area contributed by atoms with Crippen LogP contribution < -0.4 is 5.32 Å². The van der Waals surface area contributed by atoms with Crippen LogP contribution in [0.15, 0.2) is 18.2 Å². The van der Waals surface area contributed by atoms with Gasteiger partial charge in [-0.2, -0.15) is 13.2 Å². The summed E-state index contributed by atoms with van der Waals surface area (Å²) in [6.07, 6.45) is -4.65. The summed E-state index contributed by atoms with van der Waals surface area (Å²) in [4.78, 5) is 24.4. The van der Waals surface area contributed by atoms with Crippen LogP contribution in [0, 0.1) is 12.7 Å². The largest absolute Gasteiger partial charge is 0.408 e. The van der Waals surface area contributed by atoms with E-state index in [0.717, 1.165) is 17.9 Å². The third kappa shape index (κ3) is 4.04. The molecular weight excluding hydrogens is 328 g/mol. The standard InChI is InChI=1S/C16H18F4N2O2/c1-9-7-11(3-5-13(9)17)15(24)21-12-4-6-14(16(18,19)20)22(8-12)10(2)23/h3,5,7,12,14H,4,6,8H2,1-2H3,(H,21,24)/t12-,14+/m1/s1. The van der Waals surface area contributed by atoms with E-state index >= 15 is 0 Å². The van der Waals surface area contributed by atoms with Gasteiger partial charge in [0.1, 0.15) is 11.9 Å². The molecule has 2 rings (SSSR count). The maximum Gasteiger partial charge on any atom is 0.408 e. The molecule has 1 fully saturated rings. The highest BCUT2D eigenvalue weighted by Gasteiger charge is 2.47. The number of benzene rings is 1. The van der Waals surface area contributed by atoms with Crippen molar-refractivity contribution in [1.29, 1.82) is 0 Å². The Kier molecular flexibility index (Phi) is 5.15. The number of hydrogen-bond acceptors (Lipinski definition) is 2. The molecular formula is C16H18F4N2O2. The van der Waals surface area contributed by atoms with E-state index in [1.807, 2.05) is 0 Å². The van der Waals surface area contributed by atoms with Crippen molar-refractivity contribution >= 4 is 11.8 Å². The fraction of sp³-hybridized carbons (Fsp3) is 0.500. The van der Waals surface area contributed by atoms with E-state index in [2.05, 4.69) is 5.32 Å². The summed E-state index contributed by atoms with van der Waals surface area (Å²) in [6.45, 7) is 2.38. The molecule has 2 atom stereocenters. The van der Waals surface area contributed by atoms with Crippen molar-refractivity contribution in [2.75, 3.05) is 6.54 Å². The van der Waals surface area contributed by atoms with Gasteiger partial charge in [0.2, 0.25) is 5.91 Å². The van der Waals surface area contributed by atoms with Crippen molar-refractivity contribution in [2.45, 2.75) is 44.9 Å². The summed E-state index contributed by atoms with van der Waals surface area (Å²) in [5.41, 5.74) is 0.523. The van der Waals surface area contributed by atoms with Gasteiger partial charge in [0, 0.05) is 25.1 Å². The van der Waals surface area contributed by atoms with Crippen molar-refractivity contribution in [3.8, 4) is 0 Å². The first kappa shape index (κ1) is 18.2. The van der Waals surface area contributed by atoms with Gasteiger partial charge in [-0.15, -0.1) is 0 Å². The van der Waals surface area contributed by atoms with E-state index in [9.17, 15) is 27.2 Å². The zero-order valence-corrected chi connectivity index (χ0v) is 13.3. The Morgan fingerprint density at radius 3 is 2.46 bits per heavy atom. The van der Waals surface area contributed by atoms with Crippen LogP contribution in [0.3, 0.4) is 0 Å². The number of likely N-dealkylation sites (tertiary alicyclic amines) is 1. The molecule has 1 aliphatic rings. The summed E-state index contributed by atoms with van der Waals surface area (Å²) in [5.74, 6) is -1.63. The molecule has 4 nitrogen and oxygen atoms in total. The van der Waals surface area contributed by atoms with Gasteiger partial charge in [0.25, 0.3) is 5.91 Å². The maximum absolute atomic E-state index is 13.2. The second-order valence-corrected chi connectivity index (χ2v) is 5.94. The number of rotatable bonds is 2. The van der Waals surface area contributed by atoms with Gasteiger partial charge >= 0.3 is 6.18 Å². The molecule has 0 bridgehead atoms. The smallest absolute Gasteiger partial charge is 0.348 e. The van der Waals surface area contributed by atoms with E-state index in [1.165, 1.54) is 19.1 Å². The van der Waals surface area contributed by atoms with Crippen molar-refractivity contribution in [1.82, 2.24) is 10.2 Å². The molecule has 0 saturated carbocycles. The monoisotopic (exact) mass is 346 g/mol. The highest BCUT2D eigenvalue weighted by Crippen LogP contribution is 2.32. The number of halogens is 4. The topological polar surface area (TPSA) is 49.4 Å². The highest BCUT2D eigenvalue weighted by atomic mass is 19.4. The summed E-state index contributed by atoms with van der Waals surface area (Å²) in [6, 6.07) is 1.44. The molecule has 1 saturated heterocycles. The van der Waals surface area contributed by atoms with Crippen LogP contribution >= 0.6 is 0 Å². The van der Waals surface area contributed by atoms with Crippen LogP contribution in [0.5, 0.6) is 0 Å². The van der Waals surface area contributed by atoms with E-state index in [0.29, 0.717) is 5.56 Å². The van der Waals surface area contributed by atoms with E-state index in [-0.39, 0.29) is 24.9 Å². The molecule has 1 aromatic rings. The van der Waals surface area contributed by atoms with Crippen molar-refractivity contribution < 1.29 is 27.2 Å². The van der Waals surface area contributed by atoms with Crippen molar-refractivity contribution in [2.24, 2.45) is 0 Å². The van der Waals surface area contributed by atoms with Gasteiger partial charge in [-0.3, -0.25) is 9.59 Å². The van der Waals surface area contributed by atoms with Gasteiger partial charge < -0.3 is 10.2 Å². The molecule has 0 aliphatic carbocycles. The minimum atomic E-state index is -4.49. The maximum atomic E-state index is 13.2. The Balaban J connectivity index is 2.07. The fourth-order valence-corrected chi connectivity index (χ4v) is 2.83. The first-order chi connectivity index (χ1) is 11.1. The minimum Gasteiger partial charge on any atom is -0.348 e. The molecule has 1 aromatic carbocycles. The number of nitrogens with one attached hydrogen (secondary N) is 1. The molecule has 1 aliphatic heterocycles. The van der Waals surface area contributed by atoms with Crippen LogP contribution in [0.25, 0.3) is 0 Å². The molecule has 0 aromatic heterocycles. The number of alkyl halides is 3. The fourth-order valence-electron chi connectivity index (χ4n) is 2.83. The summed E-state index contributed by atoms with van der Waals surface area (Å²) >= 11 is 0. The Morgan fingerprint density at radius 1 is 1.25 bits per heavy atom. The number of piperidine rings is 1.